The molecule has 20 heavy (non-hydrogen) atoms. The van der Waals surface area contributed by atoms with Crippen molar-refractivity contribution in [1.29, 1.82) is 0 Å². The molecule has 0 unspecified atom stereocenters. The maximum Gasteiger partial charge on any atom is 0.244 e. The van der Waals surface area contributed by atoms with Crippen LogP contribution in [0.3, 0.4) is 0 Å². The van der Waals surface area contributed by atoms with Crippen LogP contribution >= 0.6 is 0 Å². The summed E-state index contributed by atoms with van der Waals surface area (Å²) in [4.78, 5) is 14.4. The predicted octanol–water partition coefficient (Wildman–Crippen LogP) is 1.16. The van der Waals surface area contributed by atoms with Crippen LogP contribution < -0.4 is 10.6 Å². The standard InChI is InChI=1S/C14H27N5O/c1-6-18(7-2)8-9-19-11-12(10-16-19)17-13(20)14(3,4)15-5/h10-11,15H,6-9H2,1-5H3,(H,17,20). The second-order valence-corrected chi connectivity index (χ2v) is 5.35. The molecule has 0 aromatic carbocycles. The zero-order valence-electron chi connectivity index (χ0n) is 13.2. The fourth-order valence-electron chi connectivity index (χ4n) is 1.73. The van der Waals surface area contributed by atoms with E-state index in [4.69, 9.17) is 0 Å². The van der Waals surface area contributed by atoms with Crippen LogP contribution in [0.15, 0.2) is 12.4 Å². The molecule has 0 radical (unpaired) electrons. The number of rotatable bonds is 8. The number of nitrogens with one attached hydrogen (secondary N) is 2. The molecule has 0 saturated heterocycles. The Morgan fingerprint density at radius 2 is 2.05 bits per heavy atom. The van der Waals surface area contributed by atoms with Gasteiger partial charge in [0.05, 0.1) is 24.0 Å². The molecular weight excluding hydrogens is 254 g/mol. The van der Waals surface area contributed by atoms with Crippen LogP contribution in [0.4, 0.5) is 5.69 Å². The van der Waals surface area contributed by atoms with Crippen LogP contribution in [0.25, 0.3) is 0 Å². The van der Waals surface area contributed by atoms with Crippen LogP contribution in [-0.2, 0) is 11.3 Å². The number of likely N-dealkylation sites (N-methyl/N-ethyl adjacent to an activating group) is 2. The lowest BCUT2D eigenvalue weighted by Crippen LogP contribution is -2.47. The van der Waals surface area contributed by atoms with Gasteiger partial charge in [0.1, 0.15) is 0 Å². The summed E-state index contributed by atoms with van der Waals surface area (Å²) in [5.74, 6) is -0.0664. The molecule has 2 N–H and O–H groups in total. The largest absolute Gasteiger partial charge is 0.322 e. The number of hydrogen-bond donors (Lipinski definition) is 2. The van der Waals surface area contributed by atoms with Crippen molar-refractivity contribution in [1.82, 2.24) is 20.0 Å². The van der Waals surface area contributed by atoms with Crippen molar-refractivity contribution in [2.75, 3.05) is 32.0 Å². The van der Waals surface area contributed by atoms with Crippen molar-refractivity contribution in [2.45, 2.75) is 39.8 Å². The molecule has 0 spiro atoms. The van der Waals surface area contributed by atoms with Gasteiger partial charge in [0.2, 0.25) is 5.91 Å². The SMILES string of the molecule is CCN(CC)CCn1cc(NC(=O)C(C)(C)NC)cn1. The fourth-order valence-corrected chi connectivity index (χ4v) is 1.73. The van der Waals surface area contributed by atoms with E-state index < -0.39 is 5.54 Å². The first-order valence-corrected chi connectivity index (χ1v) is 7.18. The van der Waals surface area contributed by atoms with Gasteiger partial charge in [0.25, 0.3) is 0 Å². The average Bonchev–Trinajstić information content (AvgIpc) is 2.87. The second-order valence-electron chi connectivity index (χ2n) is 5.35. The van der Waals surface area contributed by atoms with E-state index >= 15 is 0 Å². The highest BCUT2D eigenvalue weighted by atomic mass is 16.2. The third-order valence-electron chi connectivity index (χ3n) is 3.62. The molecule has 0 bridgehead atoms. The molecule has 0 aliphatic rings. The Bertz CT molecular complexity index is 423. The van der Waals surface area contributed by atoms with Crippen molar-refractivity contribution in [2.24, 2.45) is 0 Å². The smallest absolute Gasteiger partial charge is 0.244 e. The Kier molecular flexibility index (Phi) is 6.16. The van der Waals surface area contributed by atoms with Gasteiger partial charge < -0.3 is 15.5 Å². The van der Waals surface area contributed by atoms with Gasteiger partial charge in [-0.25, -0.2) is 0 Å². The molecule has 6 nitrogen and oxygen atoms in total. The third kappa shape index (κ3) is 4.61. The number of hydrogen-bond acceptors (Lipinski definition) is 4. The van der Waals surface area contributed by atoms with E-state index in [1.807, 2.05) is 24.7 Å². The van der Waals surface area contributed by atoms with E-state index in [0.717, 1.165) is 31.9 Å². The summed E-state index contributed by atoms with van der Waals surface area (Å²) in [5.41, 5.74) is 0.140. The van der Waals surface area contributed by atoms with Crippen LogP contribution in [0.1, 0.15) is 27.7 Å². The van der Waals surface area contributed by atoms with E-state index in [-0.39, 0.29) is 5.91 Å². The van der Waals surface area contributed by atoms with Crippen LogP contribution in [0, 0.1) is 0 Å². The highest BCUT2D eigenvalue weighted by Gasteiger charge is 2.25. The molecule has 1 aromatic heterocycles. The van der Waals surface area contributed by atoms with Crippen LogP contribution in [0.2, 0.25) is 0 Å². The number of amides is 1. The summed E-state index contributed by atoms with van der Waals surface area (Å²) in [7, 11) is 1.77. The van der Waals surface area contributed by atoms with Gasteiger partial charge in [-0.3, -0.25) is 9.48 Å². The van der Waals surface area contributed by atoms with Gasteiger partial charge in [-0.15, -0.1) is 0 Å². The van der Waals surface area contributed by atoms with Crippen molar-refractivity contribution in [3.8, 4) is 0 Å². The Balaban J connectivity index is 2.53. The molecule has 1 aromatic rings. The van der Waals surface area contributed by atoms with Gasteiger partial charge in [-0.1, -0.05) is 13.8 Å². The quantitative estimate of drug-likeness (QED) is 0.750. The zero-order valence-corrected chi connectivity index (χ0v) is 13.2. The lowest BCUT2D eigenvalue weighted by molar-refractivity contribution is -0.121. The molecule has 1 amide bonds. The van der Waals surface area contributed by atoms with Gasteiger partial charge >= 0.3 is 0 Å². The summed E-state index contributed by atoms with van der Waals surface area (Å²) in [6.45, 7) is 11.9. The molecule has 0 aliphatic heterocycles. The zero-order chi connectivity index (χ0) is 15.2. The number of nitrogens with zero attached hydrogens (tertiary/aromatic N) is 3. The Labute approximate surface area is 121 Å². The second kappa shape index (κ2) is 7.40. The summed E-state index contributed by atoms with van der Waals surface area (Å²) in [6, 6.07) is 0. The molecule has 1 rings (SSSR count). The molecule has 0 atom stereocenters. The van der Waals surface area contributed by atoms with Crippen molar-refractivity contribution >= 4 is 11.6 Å². The lowest BCUT2D eigenvalue weighted by atomic mass is 10.1. The first-order valence-electron chi connectivity index (χ1n) is 7.18. The molecule has 0 saturated carbocycles. The lowest BCUT2D eigenvalue weighted by Gasteiger charge is -2.22. The summed E-state index contributed by atoms with van der Waals surface area (Å²) < 4.78 is 1.86. The van der Waals surface area contributed by atoms with Crippen LogP contribution in [0.5, 0.6) is 0 Å². The first-order chi connectivity index (χ1) is 9.42. The minimum Gasteiger partial charge on any atom is -0.322 e. The first kappa shape index (κ1) is 16.7. The summed E-state index contributed by atoms with van der Waals surface area (Å²) in [5, 5.41) is 10.1. The molecule has 0 fully saturated rings. The Morgan fingerprint density at radius 3 is 2.60 bits per heavy atom. The Hall–Kier alpha value is -1.40. The van der Waals surface area contributed by atoms with Crippen LogP contribution in [-0.4, -0.2) is 52.8 Å². The molecule has 0 aliphatic carbocycles. The number of carbonyl (C=O) groups is 1. The van der Waals surface area contributed by atoms with E-state index in [1.54, 1.807) is 13.2 Å². The van der Waals surface area contributed by atoms with Gasteiger partial charge in [0, 0.05) is 12.7 Å². The molecule has 1 heterocycles. The van der Waals surface area contributed by atoms with Gasteiger partial charge in [-0.2, -0.15) is 5.10 Å². The number of anilines is 1. The third-order valence-corrected chi connectivity index (χ3v) is 3.62. The van der Waals surface area contributed by atoms with E-state index in [1.165, 1.54) is 0 Å². The van der Waals surface area contributed by atoms with Gasteiger partial charge in [0.15, 0.2) is 0 Å². The number of carbonyl (C=O) groups excluding carboxylic acids is 1. The van der Waals surface area contributed by atoms with E-state index in [0.29, 0.717) is 0 Å². The van der Waals surface area contributed by atoms with Crippen molar-refractivity contribution in [3.63, 3.8) is 0 Å². The maximum atomic E-state index is 12.0. The summed E-state index contributed by atoms with van der Waals surface area (Å²) >= 11 is 0. The van der Waals surface area contributed by atoms with Crippen molar-refractivity contribution < 1.29 is 4.79 Å². The topological polar surface area (TPSA) is 62.2 Å². The highest BCUT2D eigenvalue weighted by molar-refractivity contribution is 5.97. The minimum atomic E-state index is -0.594. The predicted molar refractivity (Wildman–Crippen MR) is 81.8 cm³/mol. The normalized spacial score (nSPS) is 11.9. The monoisotopic (exact) mass is 281 g/mol. The summed E-state index contributed by atoms with van der Waals surface area (Å²) in [6.07, 6.45) is 3.55. The average molecular weight is 281 g/mol. The minimum absolute atomic E-state index is 0.0664. The molecular formula is C14H27N5O. The number of aromatic nitrogens is 2. The molecule has 6 heteroatoms. The molecule has 114 valence electrons. The Morgan fingerprint density at radius 1 is 1.40 bits per heavy atom. The van der Waals surface area contributed by atoms with Crippen molar-refractivity contribution in [3.05, 3.63) is 12.4 Å². The maximum absolute atomic E-state index is 12.0. The fraction of sp³-hybridized carbons (Fsp3) is 0.714. The van der Waals surface area contributed by atoms with Gasteiger partial charge in [-0.05, 0) is 34.0 Å². The highest BCUT2D eigenvalue weighted by Crippen LogP contribution is 2.09. The van der Waals surface area contributed by atoms with E-state index in [2.05, 4.69) is 34.5 Å². The van der Waals surface area contributed by atoms with E-state index in [9.17, 15) is 4.79 Å².